The summed E-state index contributed by atoms with van der Waals surface area (Å²) < 4.78 is 23.4. The van der Waals surface area contributed by atoms with Crippen molar-refractivity contribution in [2.75, 3.05) is 11.6 Å². The molecule has 0 aliphatic heterocycles. The van der Waals surface area contributed by atoms with Crippen LogP contribution in [0.25, 0.3) is 0 Å². The number of benzene rings is 1. The Labute approximate surface area is 135 Å². The van der Waals surface area contributed by atoms with Crippen molar-refractivity contribution in [3.63, 3.8) is 0 Å². The number of sulfone groups is 1. The van der Waals surface area contributed by atoms with Gasteiger partial charge in [0, 0.05) is 23.9 Å². The first-order chi connectivity index (χ1) is 10.7. The summed E-state index contributed by atoms with van der Waals surface area (Å²) in [4.78, 5) is 22.0. The Hall–Kier alpha value is -1.96. The van der Waals surface area contributed by atoms with E-state index in [0.717, 1.165) is 12.8 Å². The van der Waals surface area contributed by atoms with Crippen molar-refractivity contribution >= 4 is 27.0 Å². The van der Waals surface area contributed by atoms with Gasteiger partial charge in [0.2, 0.25) is 0 Å². The lowest BCUT2D eigenvalue weighted by Gasteiger charge is -2.29. The summed E-state index contributed by atoms with van der Waals surface area (Å²) in [7, 11) is -3.11. The van der Waals surface area contributed by atoms with Crippen molar-refractivity contribution in [1.29, 1.82) is 0 Å². The van der Waals surface area contributed by atoms with Crippen LogP contribution in [0.15, 0.2) is 18.2 Å². The Bertz CT molecular complexity index is 729. The quantitative estimate of drug-likeness (QED) is 0.501. The van der Waals surface area contributed by atoms with Gasteiger partial charge >= 0.3 is 0 Å². The molecule has 0 bridgehead atoms. The first kappa shape index (κ1) is 17.4. The molecule has 1 aliphatic rings. The molecule has 0 aromatic heterocycles. The minimum absolute atomic E-state index is 0.134. The second-order valence-corrected chi connectivity index (χ2v) is 8.33. The van der Waals surface area contributed by atoms with Crippen LogP contribution in [0.4, 0.5) is 11.4 Å². The Morgan fingerprint density at radius 3 is 2.61 bits per heavy atom. The number of rotatable bonds is 5. The number of nitro groups is 1. The van der Waals surface area contributed by atoms with Gasteiger partial charge < -0.3 is 5.32 Å². The first-order valence-electron chi connectivity index (χ1n) is 7.43. The van der Waals surface area contributed by atoms with E-state index in [0.29, 0.717) is 18.5 Å². The van der Waals surface area contributed by atoms with E-state index >= 15 is 0 Å². The summed E-state index contributed by atoms with van der Waals surface area (Å²) in [5.74, 6) is -0.241. The maximum atomic E-state index is 11.7. The number of Topliss-reactive ketones (excluding diaryl/α,β-unsaturated/α-hetero) is 1. The van der Waals surface area contributed by atoms with E-state index in [1.165, 1.54) is 31.4 Å². The molecule has 0 heterocycles. The SMILES string of the molecule is CC(=O)c1ccc(NC2CCCC(S(C)(=O)=O)C2)c([N+](=O)[O-])c1. The average Bonchev–Trinajstić information content (AvgIpc) is 2.46. The van der Waals surface area contributed by atoms with Gasteiger partial charge in [-0.3, -0.25) is 14.9 Å². The standard InChI is InChI=1S/C15H20N2O5S/c1-10(18)11-6-7-14(15(8-11)17(19)20)16-12-4-3-5-13(9-12)23(2,21)22/h6-8,12-13,16H,3-5,9H2,1-2H3. The third-order valence-corrected chi connectivity index (χ3v) is 5.83. The zero-order chi connectivity index (χ0) is 17.2. The number of nitrogens with zero attached hydrogens (tertiary/aromatic N) is 1. The van der Waals surface area contributed by atoms with Crippen LogP contribution in [-0.2, 0) is 9.84 Å². The van der Waals surface area contributed by atoms with Gasteiger partial charge in [0.25, 0.3) is 5.69 Å². The molecule has 23 heavy (non-hydrogen) atoms. The van der Waals surface area contributed by atoms with Gasteiger partial charge in [-0.1, -0.05) is 6.42 Å². The number of nitrogens with one attached hydrogen (secondary N) is 1. The zero-order valence-electron chi connectivity index (χ0n) is 13.1. The number of hydrogen-bond donors (Lipinski definition) is 1. The van der Waals surface area contributed by atoms with Crippen molar-refractivity contribution in [3.8, 4) is 0 Å². The average molecular weight is 340 g/mol. The monoisotopic (exact) mass is 340 g/mol. The summed E-state index contributed by atoms with van der Waals surface area (Å²) in [6.45, 7) is 1.35. The number of anilines is 1. The van der Waals surface area contributed by atoms with E-state index in [-0.39, 0.29) is 23.1 Å². The van der Waals surface area contributed by atoms with Crippen LogP contribution in [0.1, 0.15) is 43.0 Å². The molecule has 0 saturated heterocycles. The van der Waals surface area contributed by atoms with Crippen LogP contribution < -0.4 is 5.32 Å². The predicted octanol–water partition coefficient (Wildman–Crippen LogP) is 2.57. The maximum Gasteiger partial charge on any atom is 0.293 e. The predicted molar refractivity (Wildman–Crippen MR) is 87.6 cm³/mol. The highest BCUT2D eigenvalue weighted by atomic mass is 32.2. The van der Waals surface area contributed by atoms with Gasteiger partial charge in [0.1, 0.15) is 15.5 Å². The Morgan fingerprint density at radius 2 is 2.04 bits per heavy atom. The summed E-state index contributed by atoms with van der Waals surface area (Å²) in [5, 5.41) is 13.9. The normalized spacial score (nSPS) is 21.7. The molecular formula is C15H20N2O5S. The van der Waals surface area contributed by atoms with E-state index in [9.17, 15) is 23.3 Å². The van der Waals surface area contributed by atoms with Gasteiger partial charge in [-0.05, 0) is 38.3 Å². The molecule has 7 nitrogen and oxygen atoms in total. The highest BCUT2D eigenvalue weighted by Gasteiger charge is 2.30. The Morgan fingerprint density at radius 1 is 1.35 bits per heavy atom. The van der Waals surface area contributed by atoms with E-state index in [2.05, 4.69) is 5.32 Å². The Balaban J connectivity index is 2.22. The molecule has 126 valence electrons. The molecular weight excluding hydrogens is 320 g/mol. The highest BCUT2D eigenvalue weighted by Crippen LogP contribution is 2.31. The number of carbonyl (C=O) groups excluding carboxylic acids is 1. The molecule has 1 aromatic rings. The number of ketones is 1. The molecule has 8 heteroatoms. The van der Waals surface area contributed by atoms with Crippen LogP contribution in [0, 0.1) is 10.1 Å². The van der Waals surface area contributed by atoms with Crippen LogP contribution >= 0.6 is 0 Å². The largest absolute Gasteiger partial charge is 0.377 e. The van der Waals surface area contributed by atoms with Gasteiger partial charge in [0.15, 0.2) is 5.78 Å². The lowest BCUT2D eigenvalue weighted by Crippen LogP contribution is -2.34. The number of carbonyl (C=O) groups is 1. The highest BCUT2D eigenvalue weighted by molar-refractivity contribution is 7.91. The van der Waals surface area contributed by atoms with E-state index in [1.54, 1.807) is 0 Å². The molecule has 1 aliphatic carbocycles. The summed E-state index contributed by atoms with van der Waals surface area (Å²) in [6.07, 6.45) is 3.81. The molecule has 1 saturated carbocycles. The fraction of sp³-hybridized carbons (Fsp3) is 0.533. The smallest absolute Gasteiger partial charge is 0.293 e. The molecule has 0 spiro atoms. The van der Waals surface area contributed by atoms with Gasteiger partial charge in [0.05, 0.1) is 10.2 Å². The molecule has 2 rings (SSSR count). The van der Waals surface area contributed by atoms with Crippen molar-refractivity contribution in [2.24, 2.45) is 0 Å². The minimum Gasteiger partial charge on any atom is -0.377 e. The first-order valence-corrected chi connectivity index (χ1v) is 9.38. The summed E-state index contributed by atoms with van der Waals surface area (Å²) in [5.41, 5.74) is 0.429. The fourth-order valence-corrected chi connectivity index (χ4v) is 4.09. The van der Waals surface area contributed by atoms with Crippen LogP contribution in [-0.4, -0.2) is 36.7 Å². The third-order valence-electron chi connectivity index (χ3n) is 4.19. The fourth-order valence-electron chi connectivity index (χ4n) is 2.91. The van der Waals surface area contributed by atoms with Crippen molar-refractivity contribution in [1.82, 2.24) is 0 Å². The van der Waals surface area contributed by atoms with Gasteiger partial charge in [-0.15, -0.1) is 0 Å². The minimum atomic E-state index is -3.11. The molecule has 1 N–H and O–H groups in total. The summed E-state index contributed by atoms with van der Waals surface area (Å²) >= 11 is 0. The van der Waals surface area contributed by atoms with Crippen LogP contribution in [0.2, 0.25) is 0 Å². The molecule has 1 aromatic carbocycles. The van der Waals surface area contributed by atoms with E-state index in [4.69, 9.17) is 0 Å². The van der Waals surface area contributed by atoms with Crippen LogP contribution in [0.5, 0.6) is 0 Å². The molecule has 0 radical (unpaired) electrons. The topological polar surface area (TPSA) is 106 Å². The second-order valence-electron chi connectivity index (χ2n) is 6.00. The number of nitro benzene ring substituents is 1. The third kappa shape index (κ3) is 4.28. The van der Waals surface area contributed by atoms with Crippen molar-refractivity contribution in [2.45, 2.75) is 43.9 Å². The van der Waals surface area contributed by atoms with Gasteiger partial charge in [-0.2, -0.15) is 0 Å². The Kier molecular flexibility index (Phi) is 5.03. The molecule has 2 atom stereocenters. The van der Waals surface area contributed by atoms with E-state index < -0.39 is 20.0 Å². The second kappa shape index (κ2) is 6.66. The lowest BCUT2D eigenvalue weighted by atomic mass is 9.94. The molecule has 1 fully saturated rings. The number of hydrogen-bond acceptors (Lipinski definition) is 6. The molecule has 0 amide bonds. The summed E-state index contributed by atoms with van der Waals surface area (Å²) in [6, 6.07) is 4.17. The maximum absolute atomic E-state index is 11.7. The van der Waals surface area contributed by atoms with Crippen molar-refractivity contribution < 1.29 is 18.1 Å². The lowest BCUT2D eigenvalue weighted by molar-refractivity contribution is -0.384. The van der Waals surface area contributed by atoms with E-state index in [1.807, 2.05) is 0 Å². The van der Waals surface area contributed by atoms with Gasteiger partial charge in [-0.25, -0.2) is 8.42 Å². The van der Waals surface area contributed by atoms with Crippen LogP contribution in [0.3, 0.4) is 0 Å². The zero-order valence-corrected chi connectivity index (χ0v) is 13.9. The molecule has 2 unspecified atom stereocenters. The van der Waals surface area contributed by atoms with Crippen molar-refractivity contribution in [3.05, 3.63) is 33.9 Å².